The Balaban J connectivity index is 1.71. The number of methoxy groups -OCH3 is 2. The summed E-state index contributed by atoms with van der Waals surface area (Å²) >= 11 is 0. The lowest BCUT2D eigenvalue weighted by Crippen LogP contribution is -2.48. The van der Waals surface area contributed by atoms with Gasteiger partial charge in [-0.3, -0.25) is 0 Å². The van der Waals surface area contributed by atoms with Crippen molar-refractivity contribution in [3.05, 3.63) is 29.3 Å². The molecule has 30 heavy (non-hydrogen) atoms. The van der Waals surface area contributed by atoms with Gasteiger partial charge in [-0.2, -0.15) is 0 Å². The number of ether oxygens (including phenoxy) is 3. The molecule has 0 radical (unpaired) electrons. The Hall–Kier alpha value is -1.28. The molecule has 1 aromatic rings. The van der Waals surface area contributed by atoms with E-state index in [9.17, 15) is 0 Å². The first-order valence-electron chi connectivity index (χ1n) is 11.6. The van der Waals surface area contributed by atoms with E-state index in [1.54, 1.807) is 14.2 Å². The third-order valence-electron chi connectivity index (χ3n) is 7.27. The van der Waals surface area contributed by atoms with Crippen molar-refractivity contribution in [2.24, 2.45) is 17.8 Å². The van der Waals surface area contributed by atoms with E-state index in [1.807, 2.05) is 0 Å². The van der Waals surface area contributed by atoms with E-state index in [2.05, 4.69) is 49.3 Å². The van der Waals surface area contributed by atoms with Gasteiger partial charge in [0.25, 0.3) is 0 Å². The van der Waals surface area contributed by atoms with Crippen molar-refractivity contribution in [2.75, 3.05) is 27.4 Å². The summed E-state index contributed by atoms with van der Waals surface area (Å²) in [5, 5.41) is 0. The minimum atomic E-state index is -1.45. The first-order chi connectivity index (χ1) is 14.3. The highest BCUT2D eigenvalue weighted by atomic mass is 28.3. The summed E-state index contributed by atoms with van der Waals surface area (Å²) < 4.78 is 17.3. The topological polar surface area (TPSA) is 27.7 Å². The summed E-state index contributed by atoms with van der Waals surface area (Å²) in [5.41, 5.74) is 6.36. The van der Waals surface area contributed by atoms with E-state index in [1.165, 1.54) is 49.7 Å². The van der Waals surface area contributed by atoms with Gasteiger partial charge < -0.3 is 14.2 Å². The minimum absolute atomic E-state index is 0.169. The van der Waals surface area contributed by atoms with Crippen molar-refractivity contribution in [2.45, 2.75) is 69.7 Å². The molecular formula is C26H38O3Si. The molecule has 1 atom stereocenters. The Morgan fingerprint density at radius 3 is 2.17 bits per heavy atom. The number of hydrogen-bond acceptors (Lipinski definition) is 3. The highest BCUT2D eigenvalue weighted by molar-refractivity contribution is 6.83. The zero-order chi connectivity index (χ0) is 21.4. The summed E-state index contributed by atoms with van der Waals surface area (Å²) in [7, 11) is 2.05. The van der Waals surface area contributed by atoms with Crippen molar-refractivity contribution >= 4 is 8.07 Å². The summed E-state index contributed by atoms with van der Waals surface area (Å²) in [6.45, 7) is 8.05. The molecule has 164 valence electrons. The summed E-state index contributed by atoms with van der Waals surface area (Å²) in [6.07, 6.45) is 8.13. The quantitative estimate of drug-likeness (QED) is 0.316. The highest BCUT2D eigenvalue weighted by Crippen LogP contribution is 2.62. The lowest BCUT2D eigenvalue weighted by atomic mass is 9.48. The van der Waals surface area contributed by atoms with Crippen LogP contribution in [0.4, 0.5) is 0 Å². The molecule has 4 fully saturated rings. The zero-order valence-electron chi connectivity index (χ0n) is 19.4. The second-order valence-electron chi connectivity index (χ2n) is 10.9. The van der Waals surface area contributed by atoms with Crippen LogP contribution in [0.5, 0.6) is 5.75 Å². The van der Waals surface area contributed by atoms with Crippen molar-refractivity contribution < 1.29 is 14.2 Å². The van der Waals surface area contributed by atoms with Crippen molar-refractivity contribution in [1.29, 1.82) is 0 Å². The van der Waals surface area contributed by atoms with Crippen molar-refractivity contribution in [1.82, 2.24) is 0 Å². The average Bonchev–Trinajstić information content (AvgIpc) is 2.67. The normalized spacial score (nSPS) is 30.6. The van der Waals surface area contributed by atoms with Gasteiger partial charge in [-0.05, 0) is 79.4 Å². The van der Waals surface area contributed by atoms with E-state index in [4.69, 9.17) is 14.2 Å². The summed E-state index contributed by atoms with van der Waals surface area (Å²) in [4.78, 5) is 0. The number of benzene rings is 1. The van der Waals surface area contributed by atoms with Crippen LogP contribution in [0.1, 0.15) is 55.8 Å². The summed E-state index contributed by atoms with van der Waals surface area (Å²) in [6, 6.07) is 6.70. The molecule has 1 unspecified atom stereocenters. The SMILES string of the molecule is COCCOc1ccc(C(C#C[Si](C)(C)C)OC)cc1C12CC3CC(CC(C3)C1)C2. The molecule has 4 saturated carbocycles. The van der Waals surface area contributed by atoms with Gasteiger partial charge in [-0.15, -0.1) is 5.54 Å². The molecule has 4 aliphatic carbocycles. The third kappa shape index (κ3) is 4.64. The molecule has 4 heteroatoms. The Morgan fingerprint density at radius 2 is 1.63 bits per heavy atom. The predicted octanol–water partition coefficient (Wildman–Crippen LogP) is 5.75. The van der Waals surface area contributed by atoms with Crippen LogP contribution in [0.25, 0.3) is 0 Å². The molecule has 0 heterocycles. The molecule has 0 spiro atoms. The van der Waals surface area contributed by atoms with Gasteiger partial charge in [0.05, 0.1) is 6.61 Å². The third-order valence-corrected chi connectivity index (χ3v) is 8.17. The second-order valence-corrected chi connectivity index (χ2v) is 15.7. The molecule has 0 aliphatic heterocycles. The van der Waals surface area contributed by atoms with Crippen molar-refractivity contribution in [3.63, 3.8) is 0 Å². The van der Waals surface area contributed by atoms with E-state index in [-0.39, 0.29) is 11.5 Å². The highest BCUT2D eigenvalue weighted by Gasteiger charge is 2.52. The monoisotopic (exact) mass is 426 g/mol. The van der Waals surface area contributed by atoms with Crippen LogP contribution in [0.2, 0.25) is 19.6 Å². The molecular weight excluding hydrogens is 388 g/mol. The van der Waals surface area contributed by atoms with Crippen LogP contribution in [0.15, 0.2) is 18.2 Å². The van der Waals surface area contributed by atoms with Crippen LogP contribution >= 0.6 is 0 Å². The van der Waals surface area contributed by atoms with Gasteiger partial charge in [-0.25, -0.2) is 0 Å². The lowest BCUT2D eigenvalue weighted by molar-refractivity contribution is -0.00671. The van der Waals surface area contributed by atoms with Gasteiger partial charge in [-0.1, -0.05) is 31.6 Å². The first kappa shape index (κ1) is 21.9. The average molecular weight is 427 g/mol. The van der Waals surface area contributed by atoms with Gasteiger partial charge in [0.15, 0.2) is 0 Å². The largest absolute Gasteiger partial charge is 0.491 e. The van der Waals surface area contributed by atoms with Gasteiger partial charge >= 0.3 is 0 Å². The maximum absolute atomic E-state index is 6.25. The van der Waals surface area contributed by atoms with E-state index in [0.29, 0.717) is 13.2 Å². The predicted molar refractivity (Wildman–Crippen MR) is 125 cm³/mol. The maximum Gasteiger partial charge on any atom is 0.142 e. The molecule has 0 aromatic heterocycles. The van der Waals surface area contributed by atoms with Crippen LogP contribution in [0.3, 0.4) is 0 Å². The van der Waals surface area contributed by atoms with Gasteiger partial charge in [0.1, 0.15) is 26.5 Å². The minimum Gasteiger partial charge on any atom is -0.491 e. The lowest BCUT2D eigenvalue weighted by Gasteiger charge is -2.57. The zero-order valence-corrected chi connectivity index (χ0v) is 20.4. The number of hydrogen-bond donors (Lipinski definition) is 0. The standard InChI is InChI=1S/C26H38O3Si/c1-27-9-10-29-25-7-6-22(24(28-2)8-11-30(3,4)5)15-23(25)26-16-19-12-20(17-26)14-21(13-19)18-26/h6-7,15,19-21,24H,9-10,12-14,16-18H2,1-5H3. The fourth-order valence-corrected chi connectivity index (χ4v) is 7.05. The van der Waals surface area contributed by atoms with Crippen LogP contribution in [-0.2, 0) is 14.9 Å². The molecule has 4 aliphatic rings. The fourth-order valence-electron chi connectivity index (χ4n) is 6.49. The van der Waals surface area contributed by atoms with Crippen molar-refractivity contribution in [3.8, 4) is 17.2 Å². The molecule has 4 bridgehead atoms. The smallest absolute Gasteiger partial charge is 0.142 e. The Kier molecular flexibility index (Phi) is 6.35. The van der Waals surface area contributed by atoms with E-state index < -0.39 is 8.07 Å². The first-order valence-corrected chi connectivity index (χ1v) is 15.1. The van der Waals surface area contributed by atoms with E-state index in [0.717, 1.165) is 23.5 Å². The Morgan fingerprint density at radius 1 is 1.00 bits per heavy atom. The van der Waals surface area contributed by atoms with Crippen LogP contribution in [-0.4, -0.2) is 35.5 Å². The van der Waals surface area contributed by atoms with E-state index >= 15 is 0 Å². The molecule has 5 rings (SSSR count). The molecule has 0 amide bonds. The molecule has 0 saturated heterocycles. The maximum atomic E-state index is 6.25. The molecule has 0 N–H and O–H groups in total. The van der Waals surface area contributed by atoms with Gasteiger partial charge in [0, 0.05) is 19.8 Å². The Bertz CT molecular complexity index is 779. The van der Waals surface area contributed by atoms with Crippen LogP contribution < -0.4 is 4.74 Å². The van der Waals surface area contributed by atoms with Crippen LogP contribution in [0, 0.1) is 29.2 Å². The summed E-state index contributed by atoms with van der Waals surface area (Å²) in [5.74, 6) is 7.17. The molecule has 1 aromatic carbocycles. The molecule has 3 nitrogen and oxygen atoms in total. The number of rotatable bonds is 7. The second kappa shape index (κ2) is 8.69. The Labute approximate surface area is 183 Å². The van der Waals surface area contributed by atoms with Gasteiger partial charge in [0.2, 0.25) is 0 Å². The fraction of sp³-hybridized carbons (Fsp3) is 0.692.